The topological polar surface area (TPSA) is 27.6 Å². The van der Waals surface area contributed by atoms with Gasteiger partial charge in [0.25, 0.3) is 0 Å². The Morgan fingerprint density at radius 3 is 2.38 bits per heavy atom. The van der Waals surface area contributed by atoms with Crippen LogP contribution >= 0.6 is 23.4 Å². The summed E-state index contributed by atoms with van der Waals surface area (Å²) in [6.07, 6.45) is 0. The lowest BCUT2D eigenvalue weighted by Gasteiger charge is -2.02. The summed E-state index contributed by atoms with van der Waals surface area (Å²) < 4.78 is 1.17. The third-order valence-electron chi connectivity index (χ3n) is 0.342. The van der Waals surface area contributed by atoms with E-state index in [1.807, 2.05) is 0 Å². The number of hydrogen-bond acceptors (Lipinski definition) is 3. The average Bonchev–Trinajstić information content (AvgIpc) is 1.61. The number of nitrogens with one attached hydrogen (secondary N) is 1. The largest absolute Gasteiger partial charge is 0.225 e. The fourth-order valence-corrected chi connectivity index (χ4v) is 0.213. The van der Waals surface area contributed by atoms with Gasteiger partial charge in [-0.25, -0.2) is 5.53 Å². The minimum atomic E-state index is 0.414. The molecule has 0 aromatic rings. The monoisotopic (exact) mass is 155 g/mol. The molecule has 0 aromatic carbocycles. The highest BCUT2D eigenvalue weighted by atomic mass is 35.5. The zero-order valence-electron chi connectivity index (χ0n) is 4.65. The molecule has 3 nitrogen and oxygen atoms in total. The molecule has 0 saturated carbocycles. The van der Waals surface area contributed by atoms with Gasteiger partial charge in [0.05, 0.1) is 0 Å². The Hall–Kier alpha value is 0.01000. The summed E-state index contributed by atoms with van der Waals surface area (Å²) in [5.74, 6) is 0. The standard InChI is InChI=1S/C3H7Cl2N3/c1-3(4)6-7-8(2)5/h7H,1-2H3/b6-3+. The van der Waals surface area contributed by atoms with E-state index in [1.165, 1.54) is 4.53 Å². The quantitative estimate of drug-likeness (QED) is 0.369. The van der Waals surface area contributed by atoms with Gasteiger partial charge in [-0.3, -0.25) is 0 Å². The van der Waals surface area contributed by atoms with Crippen LogP contribution in [0.1, 0.15) is 6.92 Å². The molecule has 0 spiro atoms. The van der Waals surface area contributed by atoms with E-state index < -0.39 is 0 Å². The highest BCUT2D eigenvalue weighted by Crippen LogP contribution is 1.82. The number of rotatable bonds is 2. The minimum Gasteiger partial charge on any atom is -0.225 e. The highest BCUT2D eigenvalue weighted by molar-refractivity contribution is 6.64. The normalized spacial score (nSPS) is 12.4. The first-order valence-corrected chi connectivity index (χ1v) is 2.69. The van der Waals surface area contributed by atoms with Crippen molar-refractivity contribution >= 4 is 28.5 Å². The predicted octanol–water partition coefficient (Wildman–Crippen LogP) is 1.15. The Kier molecular flexibility index (Phi) is 3.95. The summed E-state index contributed by atoms with van der Waals surface area (Å²) in [4.78, 5) is 0. The predicted molar refractivity (Wildman–Crippen MR) is 35.7 cm³/mol. The van der Waals surface area contributed by atoms with Gasteiger partial charge in [-0.2, -0.15) is 5.10 Å². The van der Waals surface area contributed by atoms with Crippen LogP contribution in [0, 0.1) is 0 Å². The molecule has 0 bridgehead atoms. The first kappa shape index (κ1) is 8.01. The molecule has 0 aliphatic carbocycles. The molecule has 0 unspecified atom stereocenters. The van der Waals surface area contributed by atoms with Gasteiger partial charge in [0, 0.05) is 18.8 Å². The van der Waals surface area contributed by atoms with E-state index in [1.54, 1.807) is 14.0 Å². The van der Waals surface area contributed by atoms with Crippen molar-refractivity contribution in [2.75, 3.05) is 7.05 Å². The Morgan fingerprint density at radius 1 is 1.75 bits per heavy atom. The zero-order valence-corrected chi connectivity index (χ0v) is 6.16. The number of nitrogens with zero attached hydrogens (tertiary/aromatic N) is 2. The lowest BCUT2D eigenvalue weighted by atomic mass is 10.9. The second kappa shape index (κ2) is 3.95. The number of hydrazine groups is 1. The molecule has 5 heteroatoms. The van der Waals surface area contributed by atoms with Crippen molar-refractivity contribution in [3.8, 4) is 0 Å². The van der Waals surface area contributed by atoms with Gasteiger partial charge >= 0.3 is 0 Å². The molecule has 0 aliphatic heterocycles. The lowest BCUT2D eigenvalue weighted by molar-refractivity contribution is 0.415. The minimum absolute atomic E-state index is 0.414. The van der Waals surface area contributed by atoms with Gasteiger partial charge in [0.1, 0.15) is 5.17 Å². The van der Waals surface area contributed by atoms with Crippen LogP contribution in [0.25, 0.3) is 0 Å². The van der Waals surface area contributed by atoms with Gasteiger partial charge in [-0.05, 0) is 6.92 Å². The Morgan fingerprint density at radius 2 is 2.25 bits per heavy atom. The molecule has 0 fully saturated rings. The maximum Gasteiger partial charge on any atom is 0.124 e. The first-order valence-electron chi connectivity index (χ1n) is 1.98. The molecular formula is C3H7Cl2N3. The zero-order chi connectivity index (χ0) is 6.57. The van der Waals surface area contributed by atoms with Gasteiger partial charge in [0.15, 0.2) is 0 Å². The van der Waals surface area contributed by atoms with Crippen LogP contribution in [-0.4, -0.2) is 16.7 Å². The van der Waals surface area contributed by atoms with E-state index in [4.69, 9.17) is 23.4 Å². The molecule has 48 valence electrons. The van der Waals surface area contributed by atoms with Crippen molar-refractivity contribution in [1.82, 2.24) is 10.1 Å². The van der Waals surface area contributed by atoms with E-state index in [9.17, 15) is 0 Å². The maximum atomic E-state index is 5.32. The van der Waals surface area contributed by atoms with Crippen molar-refractivity contribution in [3.63, 3.8) is 0 Å². The molecule has 0 radical (unpaired) electrons. The Balaban J connectivity index is 3.29. The van der Waals surface area contributed by atoms with E-state index in [-0.39, 0.29) is 0 Å². The Bertz CT molecular complexity index is 86.5. The molecule has 0 aromatic heterocycles. The summed E-state index contributed by atoms with van der Waals surface area (Å²) in [5.41, 5.74) is 2.40. The third kappa shape index (κ3) is 6.01. The van der Waals surface area contributed by atoms with E-state index in [0.29, 0.717) is 5.17 Å². The smallest absolute Gasteiger partial charge is 0.124 e. The summed E-state index contributed by atoms with van der Waals surface area (Å²) >= 11 is 10.6. The fraction of sp³-hybridized carbons (Fsp3) is 0.667. The number of hydrogen-bond donors (Lipinski definition) is 1. The molecule has 8 heavy (non-hydrogen) atoms. The molecular weight excluding hydrogens is 149 g/mol. The van der Waals surface area contributed by atoms with Crippen LogP contribution in [0.3, 0.4) is 0 Å². The SMILES string of the molecule is C/C(Cl)=N\NN(C)Cl. The van der Waals surface area contributed by atoms with Gasteiger partial charge < -0.3 is 0 Å². The molecule has 0 amide bonds. The van der Waals surface area contributed by atoms with Crippen LogP contribution in [0.4, 0.5) is 0 Å². The molecule has 0 saturated heterocycles. The second-order valence-electron chi connectivity index (χ2n) is 1.19. The third-order valence-corrected chi connectivity index (χ3v) is 0.502. The van der Waals surface area contributed by atoms with Crippen LogP contribution in [-0.2, 0) is 0 Å². The highest BCUT2D eigenvalue weighted by Gasteiger charge is 1.83. The summed E-state index contributed by atoms with van der Waals surface area (Å²) in [6, 6.07) is 0. The van der Waals surface area contributed by atoms with Crippen molar-refractivity contribution in [3.05, 3.63) is 0 Å². The van der Waals surface area contributed by atoms with Gasteiger partial charge in [0.2, 0.25) is 0 Å². The summed E-state index contributed by atoms with van der Waals surface area (Å²) in [7, 11) is 1.60. The molecule has 0 atom stereocenters. The average molecular weight is 156 g/mol. The summed E-state index contributed by atoms with van der Waals surface area (Å²) in [6.45, 7) is 1.65. The van der Waals surface area contributed by atoms with Crippen LogP contribution in [0.15, 0.2) is 5.10 Å². The number of halogens is 2. The van der Waals surface area contributed by atoms with E-state index in [0.717, 1.165) is 0 Å². The van der Waals surface area contributed by atoms with E-state index >= 15 is 0 Å². The van der Waals surface area contributed by atoms with Crippen LogP contribution < -0.4 is 5.53 Å². The Labute approximate surface area is 58.3 Å². The first-order chi connectivity index (χ1) is 3.63. The molecule has 1 N–H and O–H groups in total. The van der Waals surface area contributed by atoms with Crippen molar-refractivity contribution in [2.45, 2.75) is 6.92 Å². The van der Waals surface area contributed by atoms with Crippen LogP contribution in [0.2, 0.25) is 0 Å². The summed E-state index contributed by atoms with van der Waals surface area (Å²) in [5, 5.41) is 3.96. The number of hydrazone groups is 1. The van der Waals surface area contributed by atoms with Crippen molar-refractivity contribution in [1.29, 1.82) is 0 Å². The van der Waals surface area contributed by atoms with Gasteiger partial charge in [-0.15, -0.1) is 4.53 Å². The van der Waals surface area contributed by atoms with E-state index in [2.05, 4.69) is 10.6 Å². The molecule has 0 rings (SSSR count). The lowest BCUT2D eigenvalue weighted by Crippen LogP contribution is -2.20. The molecule has 0 heterocycles. The van der Waals surface area contributed by atoms with Gasteiger partial charge in [-0.1, -0.05) is 11.6 Å². The maximum absolute atomic E-state index is 5.32. The second-order valence-corrected chi connectivity index (χ2v) is 2.24. The van der Waals surface area contributed by atoms with Crippen molar-refractivity contribution in [2.24, 2.45) is 5.10 Å². The van der Waals surface area contributed by atoms with Crippen molar-refractivity contribution < 1.29 is 0 Å². The fourth-order valence-electron chi connectivity index (χ4n) is 0.138. The molecule has 0 aliphatic rings. The van der Waals surface area contributed by atoms with Crippen LogP contribution in [0.5, 0.6) is 0 Å².